The number of phenols is 1. The summed E-state index contributed by atoms with van der Waals surface area (Å²) in [7, 11) is 2.93. The number of phenolic OH excluding ortho intramolecular Hbond substituents is 1. The van der Waals surface area contributed by atoms with E-state index in [1.807, 2.05) is 13.0 Å². The molecule has 0 fully saturated rings. The number of fused-ring (bicyclic) bond motifs is 1. The number of carbonyl (C=O) groups excluding carboxylic acids is 1. The number of ketones is 1. The van der Waals surface area contributed by atoms with E-state index in [1.165, 1.54) is 38.6 Å². The van der Waals surface area contributed by atoms with Crippen molar-refractivity contribution >= 4 is 23.0 Å². The Bertz CT molecular complexity index is 1220. The van der Waals surface area contributed by atoms with Gasteiger partial charge in [0, 0.05) is 12.5 Å². The molecule has 2 aromatic carbocycles. The number of halogens is 1. The van der Waals surface area contributed by atoms with Crippen LogP contribution < -0.4 is 9.47 Å². The minimum Gasteiger partial charge on any atom is -0.502 e. The number of ether oxygens (including phenoxy) is 2. The van der Waals surface area contributed by atoms with Crippen molar-refractivity contribution in [1.29, 1.82) is 0 Å². The van der Waals surface area contributed by atoms with Gasteiger partial charge in [-0.1, -0.05) is 11.2 Å². The quantitative estimate of drug-likeness (QED) is 0.492. The van der Waals surface area contributed by atoms with Gasteiger partial charge in [0.15, 0.2) is 11.5 Å². The molecule has 1 aliphatic carbocycles. The van der Waals surface area contributed by atoms with E-state index < -0.39 is 0 Å². The van der Waals surface area contributed by atoms with Crippen LogP contribution in [0.5, 0.6) is 17.2 Å². The van der Waals surface area contributed by atoms with Crippen LogP contribution in [0.2, 0.25) is 0 Å². The molecule has 7 heteroatoms. The van der Waals surface area contributed by atoms with Crippen LogP contribution in [0.3, 0.4) is 0 Å². The molecular weight excluding hydrogens is 413 g/mol. The first-order valence-corrected chi connectivity index (χ1v) is 10.0. The number of nitrogens with zero attached hydrogens (tertiary/aromatic N) is 1. The van der Waals surface area contributed by atoms with E-state index in [0.717, 1.165) is 33.4 Å². The van der Waals surface area contributed by atoms with Gasteiger partial charge >= 0.3 is 0 Å². The lowest BCUT2D eigenvalue weighted by Gasteiger charge is -2.11. The van der Waals surface area contributed by atoms with E-state index in [4.69, 9.17) is 14.0 Å². The Morgan fingerprint density at radius 1 is 1.12 bits per heavy atom. The Kier molecular flexibility index (Phi) is 5.81. The van der Waals surface area contributed by atoms with Gasteiger partial charge in [-0.2, -0.15) is 0 Å². The van der Waals surface area contributed by atoms with Crippen molar-refractivity contribution in [3.8, 4) is 17.2 Å². The number of rotatable bonds is 7. The maximum Gasteiger partial charge on any atom is 0.202 e. The molecule has 0 bridgehead atoms. The van der Waals surface area contributed by atoms with Gasteiger partial charge in [0.05, 0.1) is 20.4 Å². The molecule has 0 aliphatic heterocycles. The first-order chi connectivity index (χ1) is 15.4. The summed E-state index contributed by atoms with van der Waals surface area (Å²) in [5.74, 6) is 0.196. The molecule has 3 aromatic rings. The molecule has 0 saturated heterocycles. The second kappa shape index (κ2) is 8.70. The summed E-state index contributed by atoms with van der Waals surface area (Å²) in [4.78, 5) is 12.4. The molecule has 0 amide bonds. The Morgan fingerprint density at radius 2 is 1.84 bits per heavy atom. The van der Waals surface area contributed by atoms with Gasteiger partial charge in [-0.05, 0) is 77.1 Å². The topological polar surface area (TPSA) is 81.8 Å². The van der Waals surface area contributed by atoms with Crippen molar-refractivity contribution in [1.82, 2.24) is 5.16 Å². The highest BCUT2D eigenvalue weighted by Crippen LogP contribution is 2.45. The molecular formula is C25H22FNO5. The third kappa shape index (κ3) is 3.89. The van der Waals surface area contributed by atoms with Gasteiger partial charge in [0.1, 0.15) is 5.82 Å². The number of aromatic hydroxyl groups is 1. The Hall–Kier alpha value is -3.87. The van der Waals surface area contributed by atoms with E-state index in [2.05, 4.69) is 5.16 Å². The molecule has 1 heterocycles. The van der Waals surface area contributed by atoms with Gasteiger partial charge in [-0.25, -0.2) is 4.39 Å². The fraction of sp³-hybridized carbons (Fsp3) is 0.200. The van der Waals surface area contributed by atoms with Crippen molar-refractivity contribution < 1.29 is 28.3 Å². The fourth-order valence-corrected chi connectivity index (χ4v) is 3.96. The normalized spacial score (nSPS) is 14.1. The summed E-state index contributed by atoms with van der Waals surface area (Å²) in [5.41, 5.74) is 5.13. The molecule has 0 unspecified atom stereocenters. The molecule has 1 aliphatic rings. The summed E-state index contributed by atoms with van der Waals surface area (Å²) in [5, 5.41) is 13.8. The second-order valence-electron chi connectivity index (χ2n) is 7.43. The lowest BCUT2D eigenvalue weighted by Crippen LogP contribution is -1.98. The Morgan fingerprint density at radius 3 is 2.47 bits per heavy atom. The standard InChI is InChI=1S/C25H22FNO5/c1-14-17(6-7-21(28)22-8-9-27-32-22)20-13-16(26)4-5-18(20)19(14)10-15-11-23(30-2)25(29)24(12-15)31-3/h4-5,8-13,29H,6-7H2,1-3H3/b19-10-. The lowest BCUT2D eigenvalue weighted by molar-refractivity contribution is 0.0948. The number of hydrogen-bond donors (Lipinski definition) is 1. The van der Waals surface area contributed by atoms with Crippen molar-refractivity contribution in [2.45, 2.75) is 19.8 Å². The highest BCUT2D eigenvalue weighted by molar-refractivity contribution is 6.06. The van der Waals surface area contributed by atoms with Gasteiger partial charge in [-0.15, -0.1) is 0 Å². The van der Waals surface area contributed by atoms with Crippen molar-refractivity contribution in [3.63, 3.8) is 0 Å². The first kappa shape index (κ1) is 21.4. The van der Waals surface area contributed by atoms with Crippen LogP contribution in [0.15, 0.2) is 52.7 Å². The van der Waals surface area contributed by atoms with E-state index in [-0.39, 0.29) is 41.0 Å². The van der Waals surface area contributed by atoms with Crippen LogP contribution >= 0.6 is 0 Å². The zero-order valence-electron chi connectivity index (χ0n) is 17.9. The van der Waals surface area contributed by atoms with Gasteiger partial charge in [0.2, 0.25) is 17.3 Å². The largest absolute Gasteiger partial charge is 0.502 e. The zero-order valence-corrected chi connectivity index (χ0v) is 17.9. The molecule has 1 N–H and O–H groups in total. The number of allylic oxidation sites excluding steroid dienone is 3. The van der Waals surface area contributed by atoms with Gasteiger partial charge < -0.3 is 19.1 Å². The van der Waals surface area contributed by atoms with Crippen molar-refractivity contribution in [2.75, 3.05) is 14.2 Å². The summed E-state index contributed by atoms with van der Waals surface area (Å²) >= 11 is 0. The summed E-state index contributed by atoms with van der Waals surface area (Å²) in [6.07, 6.45) is 4.01. The van der Waals surface area contributed by atoms with Crippen LogP contribution in [-0.2, 0) is 0 Å². The first-order valence-electron chi connectivity index (χ1n) is 10.0. The van der Waals surface area contributed by atoms with Gasteiger partial charge in [-0.3, -0.25) is 4.79 Å². The number of aromatic nitrogens is 1. The van der Waals surface area contributed by atoms with Crippen LogP contribution in [0, 0.1) is 5.82 Å². The maximum atomic E-state index is 14.1. The summed E-state index contributed by atoms with van der Waals surface area (Å²) in [6, 6.07) is 9.58. The highest BCUT2D eigenvalue weighted by atomic mass is 19.1. The average Bonchev–Trinajstić information content (AvgIpc) is 3.41. The van der Waals surface area contributed by atoms with Crippen LogP contribution in [0.25, 0.3) is 17.2 Å². The SMILES string of the molecule is COc1cc(/C=C2/C(C)=C(CCC(=O)c3ccno3)c3cc(F)ccc32)cc(OC)c1O. The molecule has 4 rings (SSSR count). The smallest absolute Gasteiger partial charge is 0.202 e. The lowest BCUT2D eigenvalue weighted by atomic mass is 9.99. The van der Waals surface area contributed by atoms with E-state index >= 15 is 0 Å². The highest BCUT2D eigenvalue weighted by Gasteiger charge is 2.25. The minimum absolute atomic E-state index is 0.0788. The van der Waals surface area contributed by atoms with Crippen molar-refractivity contribution in [3.05, 3.63) is 76.4 Å². The van der Waals surface area contributed by atoms with E-state index in [0.29, 0.717) is 6.42 Å². The van der Waals surface area contributed by atoms with Crippen LogP contribution in [-0.4, -0.2) is 30.3 Å². The molecule has 0 saturated carbocycles. The molecule has 164 valence electrons. The predicted octanol–water partition coefficient (Wildman–Crippen LogP) is 5.53. The molecule has 0 radical (unpaired) electrons. The number of hydrogen-bond acceptors (Lipinski definition) is 6. The maximum absolute atomic E-state index is 14.1. The minimum atomic E-state index is -0.343. The summed E-state index contributed by atoms with van der Waals surface area (Å²) in [6.45, 7) is 1.95. The third-order valence-electron chi connectivity index (χ3n) is 5.58. The second-order valence-corrected chi connectivity index (χ2v) is 7.43. The summed E-state index contributed by atoms with van der Waals surface area (Å²) < 4.78 is 29.5. The fourth-order valence-electron chi connectivity index (χ4n) is 3.96. The predicted molar refractivity (Wildman–Crippen MR) is 118 cm³/mol. The Balaban J connectivity index is 1.75. The number of benzene rings is 2. The van der Waals surface area contributed by atoms with Gasteiger partial charge in [0.25, 0.3) is 0 Å². The molecule has 1 aromatic heterocycles. The zero-order chi connectivity index (χ0) is 22.8. The number of methoxy groups -OCH3 is 2. The number of Topliss-reactive ketones (excluding diaryl/α,β-unsaturated/α-hetero) is 1. The molecule has 6 nitrogen and oxygen atoms in total. The van der Waals surface area contributed by atoms with E-state index in [1.54, 1.807) is 18.2 Å². The molecule has 0 atom stereocenters. The van der Waals surface area contributed by atoms with E-state index in [9.17, 15) is 14.3 Å². The Labute approximate surface area is 184 Å². The monoisotopic (exact) mass is 435 g/mol. The van der Waals surface area contributed by atoms with Crippen molar-refractivity contribution in [2.24, 2.45) is 0 Å². The number of carbonyl (C=O) groups is 1. The van der Waals surface area contributed by atoms with Crippen LogP contribution in [0.4, 0.5) is 4.39 Å². The third-order valence-corrected chi connectivity index (χ3v) is 5.58. The average molecular weight is 435 g/mol. The molecule has 32 heavy (non-hydrogen) atoms. The molecule has 0 spiro atoms. The van der Waals surface area contributed by atoms with Crippen LogP contribution in [0.1, 0.15) is 47.0 Å².